The molecule has 0 radical (unpaired) electrons. The van der Waals surface area contributed by atoms with E-state index in [0.717, 1.165) is 29.7 Å². The first-order valence-corrected chi connectivity index (χ1v) is 10.8. The Morgan fingerprint density at radius 1 is 1.07 bits per heavy atom. The first-order valence-electron chi connectivity index (χ1n) is 9.39. The molecule has 6 nitrogen and oxygen atoms in total. The van der Waals surface area contributed by atoms with Crippen LogP contribution in [-0.2, 0) is 14.8 Å². The summed E-state index contributed by atoms with van der Waals surface area (Å²) in [5.74, 6) is 0.235. The van der Waals surface area contributed by atoms with Crippen molar-refractivity contribution < 1.29 is 17.9 Å². The number of carbonyl (C=O) groups is 1. The molecule has 1 aliphatic heterocycles. The maximum absolute atomic E-state index is 12.6. The van der Waals surface area contributed by atoms with Crippen molar-refractivity contribution >= 4 is 21.6 Å². The largest absolute Gasteiger partial charge is 0.483 e. The molecule has 0 bridgehead atoms. The molecule has 1 aliphatic rings. The first kappa shape index (κ1) is 20.4. The van der Waals surface area contributed by atoms with Crippen LogP contribution in [0.2, 0.25) is 0 Å². The van der Waals surface area contributed by atoms with Crippen LogP contribution < -0.4 is 10.1 Å². The summed E-state index contributed by atoms with van der Waals surface area (Å²) < 4.78 is 32.4. The van der Waals surface area contributed by atoms with E-state index < -0.39 is 10.0 Å². The fourth-order valence-electron chi connectivity index (χ4n) is 3.24. The highest BCUT2D eigenvalue weighted by molar-refractivity contribution is 7.89. The molecule has 0 spiro atoms. The predicted molar refractivity (Wildman–Crippen MR) is 109 cm³/mol. The van der Waals surface area contributed by atoms with Gasteiger partial charge in [0.2, 0.25) is 10.0 Å². The van der Waals surface area contributed by atoms with E-state index in [9.17, 15) is 13.2 Å². The van der Waals surface area contributed by atoms with Crippen LogP contribution in [0.3, 0.4) is 0 Å². The average Bonchev–Trinajstić information content (AvgIpc) is 3.20. The Morgan fingerprint density at radius 2 is 1.79 bits per heavy atom. The summed E-state index contributed by atoms with van der Waals surface area (Å²) in [5, 5.41) is 2.85. The third-order valence-electron chi connectivity index (χ3n) is 5.09. The lowest BCUT2D eigenvalue weighted by molar-refractivity contribution is -0.118. The van der Waals surface area contributed by atoms with E-state index in [1.54, 1.807) is 25.1 Å². The van der Waals surface area contributed by atoms with Gasteiger partial charge < -0.3 is 10.1 Å². The van der Waals surface area contributed by atoms with Gasteiger partial charge in [-0.1, -0.05) is 12.1 Å². The van der Waals surface area contributed by atoms with Crippen molar-refractivity contribution in [2.75, 3.05) is 25.0 Å². The molecule has 3 rings (SSSR count). The Balaban J connectivity index is 1.65. The summed E-state index contributed by atoms with van der Waals surface area (Å²) in [4.78, 5) is 12.5. The second kappa shape index (κ2) is 8.32. The smallest absolute Gasteiger partial charge is 0.262 e. The van der Waals surface area contributed by atoms with E-state index in [2.05, 4.69) is 5.32 Å². The highest BCUT2D eigenvalue weighted by Gasteiger charge is 2.27. The summed E-state index contributed by atoms with van der Waals surface area (Å²) in [6.07, 6.45) is 1.80. The Hall–Kier alpha value is -2.38. The molecule has 2 aromatic carbocycles. The van der Waals surface area contributed by atoms with Crippen LogP contribution in [0.25, 0.3) is 0 Å². The number of rotatable bonds is 6. The Kier molecular flexibility index (Phi) is 6.05. The molecule has 1 heterocycles. The number of hydrogen-bond acceptors (Lipinski definition) is 4. The molecule has 0 atom stereocenters. The standard InChI is InChI=1S/C21H26N2O4S/c1-15-7-6-8-19(17(15)3)22-21(24)14-27-20-10-9-18(13-16(20)2)28(25,26)23-11-4-5-12-23/h6-10,13H,4-5,11-12,14H2,1-3H3,(H,22,24). The molecule has 1 amide bonds. The molecule has 0 aliphatic carbocycles. The van der Waals surface area contributed by atoms with Crippen molar-refractivity contribution in [1.82, 2.24) is 4.31 Å². The topological polar surface area (TPSA) is 75.7 Å². The van der Waals surface area contributed by atoms with Crippen molar-refractivity contribution in [2.24, 2.45) is 0 Å². The molecule has 1 fully saturated rings. The van der Waals surface area contributed by atoms with Crippen LogP contribution in [0.4, 0.5) is 5.69 Å². The maximum Gasteiger partial charge on any atom is 0.262 e. The molecule has 2 aromatic rings. The molecule has 7 heteroatoms. The quantitative estimate of drug-likeness (QED) is 0.803. The highest BCUT2D eigenvalue weighted by Crippen LogP contribution is 2.26. The zero-order valence-electron chi connectivity index (χ0n) is 16.5. The van der Waals surface area contributed by atoms with Crippen LogP contribution in [0, 0.1) is 20.8 Å². The van der Waals surface area contributed by atoms with Crippen molar-refractivity contribution in [3.05, 3.63) is 53.1 Å². The summed E-state index contributed by atoms with van der Waals surface area (Å²) in [7, 11) is -3.46. The monoisotopic (exact) mass is 402 g/mol. The van der Waals surface area contributed by atoms with Gasteiger partial charge in [0.25, 0.3) is 5.91 Å². The van der Waals surface area contributed by atoms with Gasteiger partial charge in [0.15, 0.2) is 6.61 Å². The second-order valence-electron chi connectivity index (χ2n) is 7.12. The number of amides is 1. The third-order valence-corrected chi connectivity index (χ3v) is 6.98. The lowest BCUT2D eigenvalue weighted by Gasteiger charge is -2.17. The zero-order chi connectivity index (χ0) is 20.3. The van der Waals surface area contributed by atoms with Gasteiger partial charge in [-0.25, -0.2) is 8.42 Å². The number of ether oxygens (including phenoxy) is 1. The first-order chi connectivity index (χ1) is 13.3. The minimum absolute atomic E-state index is 0.146. The van der Waals surface area contributed by atoms with Gasteiger partial charge in [-0.15, -0.1) is 0 Å². The summed E-state index contributed by atoms with van der Waals surface area (Å²) >= 11 is 0. The van der Waals surface area contributed by atoms with Gasteiger partial charge in [-0.05, 0) is 74.6 Å². The number of anilines is 1. The van der Waals surface area contributed by atoms with Crippen molar-refractivity contribution in [3.63, 3.8) is 0 Å². The normalized spacial score (nSPS) is 14.8. The number of aryl methyl sites for hydroxylation is 2. The lowest BCUT2D eigenvalue weighted by atomic mass is 10.1. The molecule has 0 unspecified atom stereocenters. The van der Waals surface area contributed by atoms with Gasteiger partial charge in [-0.3, -0.25) is 4.79 Å². The minimum atomic E-state index is -3.46. The van der Waals surface area contributed by atoms with Crippen LogP contribution in [0.5, 0.6) is 5.75 Å². The number of nitrogens with zero attached hydrogens (tertiary/aromatic N) is 1. The number of hydrogen-bond donors (Lipinski definition) is 1. The molecule has 0 aromatic heterocycles. The Bertz CT molecular complexity index is 980. The van der Waals surface area contributed by atoms with Crippen molar-refractivity contribution in [2.45, 2.75) is 38.5 Å². The minimum Gasteiger partial charge on any atom is -0.483 e. The molecule has 150 valence electrons. The van der Waals surface area contributed by atoms with E-state index in [-0.39, 0.29) is 17.4 Å². The molecule has 28 heavy (non-hydrogen) atoms. The molecule has 0 saturated carbocycles. The molecular formula is C21H26N2O4S. The summed E-state index contributed by atoms with van der Waals surface area (Å²) in [5.41, 5.74) is 3.56. The summed E-state index contributed by atoms with van der Waals surface area (Å²) in [6, 6.07) is 10.5. The van der Waals surface area contributed by atoms with Crippen LogP contribution in [0.15, 0.2) is 41.3 Å². The fourth-order valence-corrected chi connectivity index (χ4v) is 4.84. The van der Waals surface area contributed by atoms with Crippen LogP contribution >= 0.6 is 0 Å². The van der Waals surface area contributed by atoms with Gasteiger partial charge in [-0.2, -0.15) is 4.31 Å². The van der Waals surface area contributed by atoms with Gasteiger partial charge in [0.05, 0.1) is 4.90 Å². The molecule has 1 N–H and O–H groups in total. The van der Waals surface area contributed by atoms with E-state index in [1.807, 2.05) is 32.0 Å². The Morgan fingerprint density at radius 3 is 2.46 bits per heavy atom. The van der Waals surface area contributed by atoms with Gasteiger partial charge in [0.1, 0.15) is 5.75 Å². The lowest BCUT2D eigenvalue weighted by Crippen LogP contribution is -2.28. The van der Waals surface area contributed by atoms with Crippen LogP contribution in [0.1, 0.15) is 29.5 Å². The summed E-state index contributed by atoms with van der Waals surface area (Å²) in [6.45, 7) is 6.71. The maximum atomic E-state index is 12.6. The van der Waals surface area contributed by atoms with Gasteiger partial charge in [0, 0.05) is 18.8 Å². The fraction of sp³-hybridized carbons (Fsp3) is 0.381. The zero-order valence-corrected chi connectivity index (χ0v) is 17.3. The molecule has 1 saturated heterocycles. The predicted octanol–water partition coefficient (Wildman–Crippen LogP) is 3.41. The van der Waals surface area contributed by atoms with E-state index in [0.29, 0.717) is 24.4 Å². The average molecular weight is 403 g/mol. The number of benzene rings is 2. The van der Waals surface area contributed by atoms with Crippen molar-refractivity contribution in [3.8, 4) is 5.75 Å². The van der Waals surface area contributed by atoms with E-state index >= 15 is 0 Å². The highest BCUT2D eigenvalue weighted by atomic mass is 32.2. The van der Waals surface area contributed by atoms with Gasteiger partial charge >= 0.3 is 0 Å². The number of nitrogens with one attached hydrogen (secondary N) is 1. The number of sulfonamides is 1. The number of carbonyl (C=O) groups excluding carboxylic acids is 1. The third kappa shape index (κ3) is 4.36. The van der Waals surface area contributed by atoms with Crippen molar-refractivity contribution in [1.29, 1.82) is 0 Å². The van der Waals surface area contributed by atoms with E-state index in [1.165, 1.54) is 4.31 Å². The van der Waals surface area contributed by atoms with Crippen LogP contribution in [-0.4, -0.2) is 38.3 Å². The SMILES string of the molecule is Cc1cc(S(=O)(=O)N2CCCC2)ccc1OCC(=O)Nc1cccc(C)c1C. The molecular weight excluding hydrogens is 376 g/mol. The van der Waals surface area contributed by atoms with E-state index in [4.69, 9.17) is 4.74 Å². The Labute approximate surface area is 166 Å². The second-order valence-corrected chi connectivity index (χ2v) is 9.06.